The van der Waals surface area contributed by atoms with Crippen molar-refractivity contribution in [3.63, 3.8) is 0 Å². The van der Waals surface area contributed by atoms with Gasteiger partial charge in [0.25, 0.3) is 0 Å². The van der Waals surface area contributed by atoms with Crippen LogP contribution < -0.4 is 4.90 Å². The Balaban J connectivity index is 1.60. The standard InChI is InChI=1S/C20H19ClN2O2S/c21-15-9-7-14(8-10-15)12-19(24)23(13-16-4-3-11-25-16)20-22-17-5-1-2-6-18(17)26-20/h1-2,5-10,16H,3-4,11-13H2. The van der Waals surface area contributed by atoms with Gasteiger partial charge < -0.3 is 4.74 Å². The van der Waals surface area contributed by atoms with Crippen molar-refractivity contribution in [1.82, 2.24) is 4.98 Å². The van der Waals surface area contributed by atoms with E-state index in [4.69, 9.17) is 16.3 Å². The lowest BCUT2D eigenvalue weighted by atomic mass is 10.1. The third-order valence-electron chi connectivity index (χ3n) is 4.49. The molecule has 1 aromatic heterocycles. The molecule has 1 atom stereocenters. The van der Waals surface area contributed by atoms with Crippen molar-refractivity contribution in [1.29, 1.82) is 0 Å². The number of benzene rings is 2. The minimum absolute atomic E-state index is 0.0295. The fraction of sp³-hybridized carbons (Fsp3) is 0.300. The van der Waals surface area contributed by atoms with Gasteiger partial charge in [0, 0.05) is 11.6 Å². The van der Waals surface area contributed by atoms with Gasteiger partial charge in [-0.05, 0) is 42.7 Å². The van der Waals surface area contributed by atoms with Crippen molar-refractivity contribution in [2.45, 2.75) is 25.4 Å². The summed E-state index contributed by atoms with van der Waals surface area (Å²) in [6, 6.07) is 15.4. The van der Waals surface area contributed by atoms with E-state index in [0.717, 1.165) is 40.4 Å². The summed E-state index contributed by atoms with van der Waals surface area (Å²) in [7, 11) is 0. The molecule has 1 fully saturated rings. The fourth-order valence-corrected chi connectivity index (χ4v) is 4.24. The van der Waals surface area contributed by atoms with Crippen LogP contribution in [0.3, 0.4) is 0 Å². The van der Waals surface area contributed by atoms with Crippen LogP contribution in [0.25, 0.3) is 10.2 Å². The number of carbonyl (C=O) groups is 1. The average Bonchev–Trinajstić information content (AvgIpc) is 3.30. The third kappa shape index (κ3) is 3.90. The summed E-state index contributed by atoms with van der Waals surface area (Å²) in [6.07, 6.45) is 2.43. The molecule has 6 heteroatoms. The van der Waals surface area contributed by atoms with Gasteiger partial charge in [0.1, 0.15) is 0 Å². The molecule has 134 valence electrons. The molecule has 1 unspecified atom stereocenters. The zero-order chi connectivity index (χ0) is 17.9. The van der Waals surface area contributed by atoms with E-state index >= 15 is 0 Å². The van der Waals surface area contributed by atoms with Crippen molar-refractivity contribution in [2.75, 3.05) is 18.1 Å². The second-order valence-electron chi connectivity index (χ2n) is 6.41. The van der Waals surface area contributed by atoms with Crippen molar-refractivity contribution in [3.8, 4) is 0 Å². The van der Waals surface area contributed by atoms with E-state index in [2.05, 4.69) is 4.98 Å². The summed E-state index contributed by atoms with van der Waals surface area (Å²) in [4.78, 5) is 19.5. The molecule has 0 radical (unpaired) electrons. The number of para-hydroxylation sites is 1. The number of ether oxygens (including phenoxy) is 1. The lowest BCUT2D eigenvalue weighted by molar-refractivity contribution is -0.118. The summed E-state index contributed by atoms with van der Waals surface area (Å²) in [5, 5.41) is 1.41. The third-order valence-corrected chi connectivity index (χ3v) is 5.80. The van der Waals surface area contributed by atoms with Crippen molar-refractivity contribution >= 4 is 44.2 Å². The largest absolute Gasteiger partial charge is 0.376 e. The minimum atomic E-state index is 0.0295. The van der Waals surface area contributed by atoms with Gasteiger partial charge in [-0.25, -0.2) is 4.98 Å². The summed E-state index contributed by atoms with van der Waals surface area (Å²) in [5.74, 6) is 0.0295. The number of carbonyl (C=O) groups excluding carboxylic acids is 1. The van der Waals surface area contributed by atoms with Gasteiger partial charge in [0.2, 0.25) is 5.91 Å². The van der Waals surface area contributed by atoms with Crippen molar-refractivity contribution in [2.24, 2.45) is 0 Å². The van der Waals surface area contributed by atoms with Gasteiger partial charge in [-0.3, -0.25) is 9.69 Å². The normalized spacial score (nSPS) is 16.9. The van der Waals surface area contributed by atoms with Crippen LogP contribution in [-0.2, 0) is 16.0 Å². The second-order valence-corrected chi connectivity index (χ2v) is 7.85. The maximum absolute atomic E-state index is 13.1. The Labute approximate surface area is 161 Å². The molecule has 1 amide bonds. The number of anilines is 1. The molecular formula is C20H19ClN2O2S. The molecule has 3 aromatic rings. The van der Waals surface area contributed by atoms with Crippen LogP contribution in [0.15, 0.2) is 48.5 Å². The molecule has 4 nitrogen and oxygen atoms in total. The second kappa shape index (κ2) is 7.74. The first-order valence-corrected chi connectivity index (χ1v) is 9.90. The summed E-state index contributed by atoms with van der Waals surface area (Å²) >= 11 is 7.49. The Morgan fingerprint density at radius 2 is 2.04 bits per heavy atom. The van der Waals surface area contributed by atoms with E-state index in [-0.39, 0.29) is 12.0 Å². The van der Waals surface area contributed by atoms with Gasteiger partial charge in [-0.15, -0.1) is 0 Å². The monoisotopic (exact) mass is 386 g/mol. The van der Waals surface area contributed by atoms with Crippen molar-refractivity contribution < 1.29 is 9.53 Å². The number of amides is 1. The van der Waals surface area contributed by atoms with Gasteiger partial charge in [-0.1, -0.05) is 47.2 Å². The SMILES string of the molecule is O=C(Cc1ccc(Cl)cc1)N(CC1CCCO1)c1nc2ccccc2s1. The molecule has 0 saturated carbocycles. The predicted octanol–water partition coefficient (Wildman–Crippen LogP) is 4.70. The van der Waals surface area contributed by atoms with Gasteiger partial charge in [0.05, 0.1) is 29.3 Å². The lowest BCUT2D eigenvalue weighted by Gasteiger charge is -2.23. The molecule has 2 heterocycles. The number of nitrogens with zero attached hydrogens (tertiary/aromatic N) is 2. The van der Waals surface area contributed by atoms with Crippen LogP contribution in [-0.4, -0.2) is 30.1 Å². The Hall–Kier alpha value is -1.95. The number of thiazole rings is 1. The fourth-order valence-electron chi connectivity index (χ4n) is 3.13. The number of fused-ring (bicyclic) bond motifs is 1. The Morgan fingerprint density at radius 3 is 2.77 bits per heavy atom. The van der Waals surface area contributed by atoms with Gasteiger partial charge >= 0.3 is 0 Å². The summed E-state index contributed by atoms with van der Waals surface area (Å²) < 4.78 is 6.84. The first-order valence-electron chi connectivity index (χ1n) is 8.71. The highest BCUT2D eigenvalue weighted by molar-refractivity contribution is 7.22. The van der Waals surface area contributed by atoms with Crippen molar-refractivity contribution in [3.05, 3.63) is 59.1 Å². The van der Waals surface area contributed by atoms with Crippen LogP contribution in [0.2, 0.25) is 5.02 Å². The van der Waals surface area contributed by atoms with E-state index in [0.29, 0.717) is 18.0 Å². The van der Waals surface area contributed by atoms with Gasteiger partial charge in [0.15, 0.2) is 5.13 Å². The maximum atomic E-state index is 13.1. The van der Waals surface area contributed by atoms with Gasteiger partial charge in [-0.2, -0.15) is 0 Å². The summed E-state index contributed by atoms with van der Waals surface area (Å²) in [6.45, 7) is 1.32. The predicted molar refractivity (Wildman–Crippen MR) is 106 cm³/mol. The molecule has 1 aliphatic rings. The number of rotatable bonds is 5. The molecule has 0 N–H and O–H groups in total. The van der Waals surface area contributed by atoms with E-state index < -0.39 is 0 Å². The zero-order valence-corrected chi connectivity index (χ0v) is 15.8. The van der Waals surface area contributed by atoms with E-state index in [9.17, 15) is 4.79 Å². The van der Waals surface area contributed by atoms with E-state index in [1.54, 1.807) is 16.2 Å². The topological polar surface area (TPSA) is 42.4 Å². The van der Waals surface area contributed by atoms with Crippen LogP contribution in [0.1, 0.15) is 18.4 Å². The molecule has 1 aliphatic heterocycles. The molecule has 1 saturated heterocycles. The highest BCUT2D eigenvalue weighted by Gasteiger charge is 2.26. The summed E-state index contributed by atoms with van der Waals surface area (Å²) in [5.41, 5.74) is 1.86. The zero-order valence-electron chi connectivity index (χ0n) is 14.2. The molecule has 2 aromatic carbocycles. The average molecular weight is 387 g/mol. The van der Waals surface area contributed by atoms with E-state index in [1.807, 2.05) is 48.5 Å². The quantitative estimate of drug-likeness (QED) is 0.638. The number of hydrogen-bond donors (Lipinski definition) is 0. The maximum Gasteiger partial charge on any atom is 0.233 e. The highest BCUT2D eigenvalue weighted by Crippen LogP contribution is 2.30. The minimum Gasteiger partial charge on any atom is -0.376 e. The molecular weight excluding hydrogens is 368 g/mol. The first-order chi connectivity index (χ1) is 12.7. The molecule has 0 bridgehead atoms. The molecule has 4 rings (SSSR count). The lowest BCUT2D eigenvalue weighted by Crippen LogP contribution is -2.38. The Bertz CT molecular complexity index is 871. The molecule has 0 spiro atoms. The molecule has 26 heavy (non-hydrogen) atoms. The van der Waals surface area contributed by atoms with E-state index in [1.165, 1.54) is 0 Å². The molecule has 0 aliphatic carbocycles. The highest BCUT2D eigenvalue weighted by atomic mass is 35.5. The smallest absolute Gasteiger partial charge is 0.233 e. The number of halogens is 1. The van der Waals surface area contributed by atoms with Crippen LogP contribution >= 0.6 is 22.9 Å². The Kier molecular flexibility index (Phi) is 5.20. The Morgan fingerprint density at radius 1 is 1.23 bits per heavy atom. The van der Waals surface area contributed by atoms with Crippen LogP contribution in [0.5, 0.6) is 0 Å². The first kappa shape index (κ1) is 17.5. The number of hydrogen-bond acceptors (Lipinski definition) is 4. The van der Waals surface area contributed by atoms with Crippen LogP contribution in [0, 0.1) is 0 Å². The van der Waals surface area contributed by atoms with Crippen LogP contribution in [0.4, 0.5) is 5.13 Å². The number of aromatic nitrogens is 1.